The molecule has 0 atom stereocenters. The number of aryl methyl sites for hydroxylation is 2. The summed E-state index contributed by atoms with van der Waals surface area (Å²) in [4.78, 5) is 26.1. The molecule has 1 aliphatic heterocycles. The number of carbonyl (C=O) groups excluding carboxylic acids is 2. The molecule has 1 aromatic heterocycles. The van der Waals surface area contributed by atoms with Gasteiger partial charge in [-0.2, -0.15) is 5.10 Å². The number of hydrogen-bond acceptors (Lipinski definition) is 4. The van der Waals surface area contributed by atoms with E-state index < -0.39 is 0 Å². The SMILES string of the molecule is Cc1ccc(C)c2c1C(=O)N(Cc1cn[nH]c1N)C2=O. The predicted octanol–water partition coefficient (Wildman–Crippen LogP) is 1.40. The van der Waals surface area contributed by atoms with Crippen LogP contribution in [0, 0.1) is 13.8 Å². The zero-order valence-electron chi connectivity index (χ0n) is 11.2. The van der Waals surface area contributed by atoms with Gasteiger partial charge in [-0.05, 0) is 25.0 Å². The van der Waals surface area contributed by atoms with E-state index in [1.165, 1.54) is 11.1 Å². The minimum absolute atomic E-state index is 0.132. The molecule has 20 heavy (non-hydrogen) atoms. The highest BCUT2D eigenvalue weighted by Gasteiger charge is 2.38. The minimum Gasteiger partial charge on any atom is -0.384 e. The number of anilines is 1. The van der Waals surface area contributed by atoms with Crippen molar-refractivity contribution in [3.63, 3.8) is 0 Å². The molecule has 1 aromatic carbocycles. The van der Waals surface area contributed by atoms with E-state index in [-0.39, 0.29) is 18.4 Å². The lowest BCUT2D eigenvalue weighted by Gasteiger charge is -2.12. The van der Waals surface area contributed by atoms with Crippen LogP contribution in [0.1, 0.15) is 37.4 Å². The average Bonchev–Trinajstić information content (AvgIpc) is 2.92. The largest absolute Gasteiger partial charge is 0.384 e. The molecule has 0 aliphatic carbocycles. The van der Waals surface area contributed by atoms with Gasteiger partial charge in [-0.3, -0.25) is 19.6 Å². The molecule has 0 saturated heterocycles. The zero-order valence-corrected chi connectivity index (χ0v) is 11.2. The van der Waals surface area contributed by atoms with Gasteiger partial charge in [0.25, 0.3) is 11.8 Å². The number of rotatable bonds is 2. The third kappa shape index (κ3) is 1.61. The summed E-state index contributed by atoms with van der Waals surface area (Å²) >= 11 is 0. The van der Waals surface area contributed by atoms with E-state index in [4.69, 9.17) is 5.73 Å². The van der Waals surface area contributed by atoms with Gasteiger partial charge in [-0.1, -0.05) is 12.1 Å². The molecule has 102 valence electrons. The number of aromatic nitrogens is 2. The van der Waals surface area contributed by atoms with Crippen molar-refractivity contribution in [2.45, 2.75) is 20.4 Å². The molecule has 1 aliphatic rings. The topological polar surface area (TPSA) is 92.1 Å². The molecule has 0 radical (unpaired) electrons. The molecule has 6 heteroatoms. The number of fused-ring (bicyclic) bond motifs is 1. The van der Waals surface area contributed by atoms with Gasteiger partial charge in [0.15, 0.2) is 0 Å². The van der Waals surface area contributed by atoms with Crippen LogP contribution >= 0.6 is 0 Å². The third-order valence-electron chi connectivity index (χ3n) is 3.62. The maximum absolute atomic E-state index is 12.5. The molecule has 2 aromatic rings. The number of nitrogens with one attached hydrogen (secondary N) is 1. The first kappa shape index (κ1) is 12.4. The summed E-state index contributed by atoms with van der Waals surface area (Å²) in [6.07, 6.45) is 1.53. The maximum atomic E-state index is 12.5. The Labute approximate surface area is 115 Å². The Kier molecular flexibility index (Phi) is 2.60. The van der Waals surface area contributed by atoms with Gasteiger partial charge in [0.1, 0.15) is 5.82 Å². The van der Waals surface area contributed by atoms with E-state index in [1.807, 2.05) is 26.0 Å². The van der Waals surface area contributed by atoms with Crippen molar-refractivity contribution in [3.05, 3.63) is 46.1 Å². The van der Waals surface area contributed by atoms with Crippen LogP contribution in [0.4, 0.5) is 5.82 Å². The summed E-state index contributed by atoms with van der Waals surface area (Å²) in [6.45, 7) is 3.80. The lowest BCUT2D eigenvalue weighted by Crippen LogP contribution is -2.29. The van der Waals surface area contributed by atoms with Gasteiger partial charge >= 0.3 is 0 Å². The number of hydrogen-bond donors (Lipinski definition) is 2. The summed E-state index contributed by atoms with van der Waals surface area (Å²) in [5.74, 6) is -0.173. The Morgan fingerprint density at radius 3 is 2.15 bits per heavy atom. The summed E-state index contributed by atoms with van der Waals surface area (Å²) in [7, 11) is 0. The molecule has 2 heterocycles. The molecular weight excluding hydrogens is 256 g/mol. The number of nitrogen functional groups attached to an aromatic ring is 1. The van der Waals surface area contributed by atoms with Crippen LogP contribution in [0.15, 0.2) is 18.3 Å². The first-order valence-corrected chi connectivity index (χ1v) is 6.25. The molecule has 0 unspecified atom stereocenters. The Morgan fingerprint density at radius 1 is 1.15 bits per heavy atom. The molecular formula is C14H14N4O2. The Morgan fingerprint density at radius 2 is 1.70 bits per heavy atom. The van der Waals surface area contributed by atoms with Crippen LogP contribution < -0.4 is 5.73 Å². The van der Waals surface area contributed by atoms with Crippen LogP contribution in [0.3, 0.4) is 0 Å². The number of nitrogens with zero attached hydrogens (tertiary/aromatic N) is 2. The van der Waals surface area contributed by atoms with Crippen LogP contribution in [-0.4, -0.2) is 26.9 Å². The highest BCUT2D eigenvalue weighted by atomic mass is 16.2. The van der Waals surface area contributed by atoms with Crippen molar-refractivity contribution in [1.29, 1.82) is 0 Å². The number of imide groups is 1. The molecule has 0 saturated carbocycles. The van der Waals surface area contributed by atoms with Crippen LogP contribution in [0.25, 0.3) is 0 Å². The smallest absolute Gasteiger partial charge is 0.262 e. The second-order valence-electron chi connectivity index (χ2n) is 4.95. The van der Waals surface area contributed by atoms with E-state index in [2.05, 4.69) is 10.2 Å². The molecule has 0 fully saturated rings. The maximum Gasteiger partial charge on any atom is 0.262 e. The molecule has 2 amide bonds. The van der Waals surface area contributed by atoms with E-state index >= 15 is 0 Å². The van der Waals surface area contributed by atoms with Crippen LogP contribution in [-0.2, 0) is 6.54 Å². The Hall–Kier alpha value is -2.63. The number of nitrogens with two attached hydrogens (primary N) is 1. The lowest BCUT2D eigenvalue weighted by atomic mass is 9.99. The normalized spacial score (nSPS) is 14.0. The fraction of sp³-hybridized carbons (Fsp3) is 0.214. The fourth-order valence-corrected chi connectivity index (χ4v) is 2.49. The Bertz CT molecular complexity index is 692. The third-order valence-corrected chi connectivity index (χ3v) is 3.62. The molecule has 3 rings (SSSR count). The van der Waals surface area contributed by atoms with Gasteiger partial charge in [0.05, 0.1) is 23.9 Å². The van der Waals surface area contributed by atoms with Gasteiger partial charge in [-0.15, -0.1) is 0 Å². The predicted molar refractivity (Wildman–Crippen MR) is 73.1 cm³/mol. The van der Waals surface area contributed by atoms with Crippen molar-refractivity contribution in [2.24, 2.45) is 0 Å². The second kappa shape index (κ2) is 4.19. The average molecular weight is 270 g/mol. The van der Waals surface area contributed by atoms with Gasteiger partial charge in [0, 0.05) is 5.56 Å². The number of aromatic amines is 1. The number of carbonyl (C=O) groups is 2. The number of H-pyrrole nitrogens is 1. The van der Waals surface area contributed by atoms with Gasteiger partial charge in [-0.25, -0.2) is 0 Å². The zero-order chi connectivity index (χ0) is 14.4. The molecule has 0 spiro atoms. The summed E-state index contributed by atoms with van der Waals surface area (Å²) in [5, 5.41) is 6.39. The van der Waals surface area contributed by atoms with Crippen molar-refractivity contribution >= 4 is 17.6 Å². The minimum atomic E-state index is -0.271. The first-order valence-electron chi connectivity index (χ1n) is 6.25. The lowest BCUT2D eigenvalue weighted by molar-refractivity contribution is 0.0642. The van der Waals surface area contributed by atoms with Crippen LogP contribution in [0.2, 0.25) is 0 Å². The van der Waals surface area contributed by atoms with E-state index in [0.717, 1.165) is 11.1 Å². The molecule has 0 bridgehead atoms. The number of amides is 2. The van der Waals surface area contributed by atoms with E-state index in [9.17, 15) is 9.59 Å². The van der Waals surface area contributed by atoms with E-state index in [0.29, 0.717) is 22.5 Å². The van der Waals surface area contributed by atoms with Crippen molar-refractivity contribution in [1.82, 2.24) is 15.1 Å². The van der Waals surface area contributed by atoms with Crippen LogP contribution in [0.5, 0.6) is 0 Å². The molecule has 6 nitrogen and oxygen atoms in total. The standard InChI is InChI=1S/C14H14N4O2/c1-7-3-4-8(2)11-10(7)13(19)18(14(11)20)6-9-5-16-17-12(9)15/h3-5H,6H2,1-2H3,(H3,15,16,17). The highest BCUT2D eigenvalue weighted by molar-refractivity contribution is 6.22. The van der Waals surface area contributed by atoms with Crippen molar-refractivity contribution < 1.29 is 9.59 Å². The van der Waals surface area contributed by atoms with Gasteiger partial charge in [0.2, 0.25) is 0 Å². The van der Waals surface area contributed by atoms with E-state index in [1.54, 1.807) is 0 Å². The molecule has 3 N–H and O–H groups in total. The van der Waals surface area contributed by atoms with Crippen molar-refractivity contribution in [3.8, 4) is 0 Å². The quantitative estimate of drug-likeness (QED) is 0.807. The summed E-state index contributed by atoms with van der Waals surface area (Å²) < 4.78 is 0. The highest BCUT2D eigenvalue weighted by Crippen LogP contribution is 2.30. The van der Waals surface area contributed by atoms with Gasteiger partial charge < -0.3 is 5.73 Å². The summed E-state index contributed by atoms with van der Waals surface area (Å²) in [6, 6.07) is 3.71. The van der Waals surface area contributed by atoms with Crippen molar-refractivity contribution in [2.75, 3.05) is 5.73 Å². The second-order valence-corrected chi connectivity index (χ2v) is 4.95. The Balaban J connectivity index is 2.04. The summed E-state index contributed by atoms with van der Waals surface area (Å²) in [5.41, 5.74) is 8.96. The monoisotopic (exact) mass is 270 g/mol. The fourth-order valence-electron chi connectivity index (χ4n) is 2.49. The number of benzene rings is 1. The first-order chi connectivity index (χ1) is 9.50.